The molecule has 0 bridgehead atoms. The minimum atomic E-state index is -3.33. The minimum Gasteiger partial charge on any atom is -0.493 e. The van der Waals surface area contributed by atoms with Gasteiger partial charge < -0.3 is 19.5 Å². The molecule has 0 radical (unpaired) electrons. The van der Waals surface area contributed by atoms with Gasteiger partial charge in [-0.3, -0.25) is 9.10 Å². The number of hydrogen-bond donors (Lipinski definition) is 1. The van der Waals surface area contributed by atoms with E-state index in [1.165, 1.54) is 7.05 Å². The molecule has 2 aromatic carbocycles. The second kappa shape index (κ2) is 9.51. The molecule has 0 saturated heterocycles. The third-order valence-electron chi connectivity index (χ3n) is 4.35. The zero-order valence-electron chi connectivity index (χ0n) is 17.1. The highest BCUT2D eigenvalue weighted by Gasteiger charge is 2.14. The number of hydrogen-bond acceptors (Lipinski definition) is 6. The Morgan fingerprint density at radius 1 is 1.07 bits per heavy atom. The number of ether oxygens (including phenoxy) is 3. The van der Waals surface area contributed by atoms with Gasteiger partial charge >= 0.3 is 0 Å². The van der Waals surface area contributed by atoms with Crippen LogP contribution >= 0.6 is 0 Å². The number of anilines is 1. The monoisotopic (exact) mass is 422 g/mol. The van der Waals surface area contributed by atoms with Gasteiger partial charge in [0.1, 0.15) is 5.75 Å². The first-order valence-electron chi connectivity index (χ1n) is 8.83. The number of nitrogens with one attached hydrogen (secondary N) is 1. The van der Waals surface area contributed by atoms with Crippen LogP contribution in [0, 0.1) is 0 Å². The van der Waals surface area contributed by atoms with Crippen molar-refractivity contribution in [3.05, 3.63) is 48.0 Å². The molecule has 0 heterocycles. The summed E-state index contributed by atoms with van der Waals surface area (Å²) in [6.07, 6.45) is 1.13. The Labute approximate surface area is 171 Å². The molecule has 1 amide bonds. The zero-order valence-corrected chi connectivity index (χ0v) is 17.9. The number of methoxy groups -OCH3 is 2. The fourth-order valence-corrected chi connectivity index (χ4v) is 3.09. The molecule has 1 atom stereocenters. The lowest BCUT2D eigenvalue weighted by Crippen LogP contribution is -2.31. The van der Waals surface area contributed by atoms with E-state index in [9.17, 15) is 13.2 Å². The Hall–Kier alpha value is -2.94. The molecule has 0 fully saturated rings. The maximum absolute atomic E-state index is 12.2. The first-order chi connectivity index (χ1) is 13.7. The largest absolute Gasteiger partial charge is 0.493 e. The summed E-state index contributed by atoms with van der Waals surface area (Å²) in [6, 6.07) is 11.6. The van der Waals surface area contributed by atoms with Gasteiger partial charge in [-0.15, -0.1) is 0 Å². The van der Waals surface area contributed by atoms with Gasteiger partial charge in [-0.05, 0) is 48.9 Å². The SMILES string of the molecule is COc1ccc(C(C)NC(=O)COc2ccc(N(C)S(C)(=O)=O)cc2)cc1OC. The second-order valence-corrected chi connectivity index (χ2v) is 8.43. The molecule has 0 aliphatic rings. The van der Waals surface area contributed by atoms with Gasteiger partial charge in [-0.2, -0.15) is 0 Å². The molecule has 0 spiro atoms. The van der Waals surface area contributed by atoms with E-state index in [1.807, 2.05) is 19.1 Å². The van der Waals surface area contributed by atoms with Crippen molar-refractivity contribution in [1.82, 2.24) is 5.32 Å². The predicted molar refractivity (Wildman–Crippen MR) is 111 cm³/mol. The lowest BCUT2D eigenvalue weighted by molar-refractivity contribution is -0.123. The van der Waals surface area contributed by atoms with E-state index in [0.717, 1.165) is 16.1 Å². The summed E-state index contributed by atoms with van der Waals surface area (Å²) in [5.74, 6) is 1.37. The average molecular weight is 423 g/mol. The topological polar surface area (TPSA) is 94.2 Å². The Morgan fingerprint density at radius 2 is 1.69 bits per heavy atom. The van der Waals surface area contributed by atoms with Gasteiger partial charge in [0.05, 0.1) is 32.2 Å². The average Bonchev–Trinajstić information content (AvgIpc) is 2.70. The predicted octanol–water partition coefficient (Wildman–Crippen LogP) is 2.36. The van der Waals surface area contributed by atoms with Crippen LogP contribution in [0.5, 0.6) is 17.2 Å². The Balaban J connectivity index is 1.93. The van der Waals surface area contributed by atoms with E-state index in [1.54, 1.807) is 44.6 Å². The van der Waals surface area contributed by atoms with Crippen molar-refractivity contribution in [3.8, 4) is 17.2 Å². The summed E-state index contributed by atoms with van der Waals surface area (Å²) in [5, 5.41) is 2.86. The van der Waals surface area contributed by atoms with Crippen LogP contribution < -0.4 is 23.8 Å². The number of carbonyl (C=O) groups excluding carboxylic acids is 1. The number of amides is 1. The third-order valence-corrected chi connectivity index (χ3v) is 5.56. The van der Waals surface area contributed by atoms with Crippen LogP contribution in [0.1, 0.15) is 18.5 Å². The first kappa shape index (κ1) is 22.4. The van der Waals surface area contributed by atoms with Crippen molar-refractivity contribution in [2.45, 2.75) is 13.0 Å². The molecule has 158 valence electrons. The summed E-state index contributed by atoms with van der Waals surface area (Å²) in [7, 11) is 1.25. The van der Waals surface area contributed by atoms with E-state index in [0.29, 0.717) is 22.9 Å². The van der Waals surface area contributed by atoms with Crippen LogP contribution in [0.15, 0.2) is 42.5 Å². The van der Waals surface area contributed by atoms with Gasteiger partial charge in [-0.25, -0.2) is 8.42 Å². The molecule has 1 unspecified atom stereocenters. The fourth-order valence-electron chi connectivity index (χ4n) is 2.58. The Morgan fingerprint density at radius 3 is 2.24 bits per heavy atom. The second-order valence-electron chi connectivity index (χ2n) is 6.42. The summed E-state index contributed by atoms with van der Waals surface area (Å²) >= 11 is 0. The maximum Gasteiger partial charge on any atom is 0.258 e. The summed E-state index contributed by atoms with van der Waals surface area (Å²) in [4.78, 5) is 12.2. The lowest BCUT2D eigenvalue weighted by Gasteiger charge is -2.18. The van der Waals surface area contributed by atoms with E-state index in [2.05, 4.69) is 5.32 Å². The first-order valence-corrected chi connectivity index (χ1v) is 10.7. The maximum atomic E-state index is 12.2. The van der Waals surface area contributed by atoms with Crippen molar-refractivity contribution in [1.29, 1.82) is 0 Å². The zero-order chi connectivity index (χ0) is 21.6. The van der Waals surface area contributed by atoms with E-state index in [4.69, 9.17) is 14.2 Å². The smallest absolute Gasteiger partial charge is 0.258 e. The fraction of sp³-hybridized carbons (Fsp3) is 0.350. The third kappa shape index (κ3) is 6.02. The van der Waals surface area contributed by atoms with Crippen molar-refractivity contribution in [2.75, 3.05) is 38.4 Å². The number of rotatable bonds is 9. The van der Waals surface area contributed by atoms with Crippen LogP contribution in [-0.4, -0.2) is 48.5 Å². The summed E-state index contributed by atoms with van der Waals surface area (Å²) in [5.41, 5.74) is 1.37. The van der Waals surface area contributed by atoms with Crippen molar-refractivity contribution < 1.29 is 27.4 Å². The molecule has 0 aliphatic heterocycles. The van der Waals surface area contributed by atoms with Crippen LogP contribution in [0.25, 0.3) is 0 Å². The van der Waals surface area contributed by atoms with Crippen molar-refractivity contribution >= 4 is 21.6 Å². The Bertz CT molecular complexity index is 944. The minimum absolute atomic E-state index is 0.168. The molecule has 9 heteroatoms. The quantitative estimate of drug-likeness (QED) is 0.667. The van der Waals surface area contributed by atoms with Crippen LogP contribution in [0.2, 0.25) is 0 Å². The van der Waals surface area contributed by atoms with Gasteiger partial charge in [0.2, 0.25) is 10.0 Å². The number of benzene rings is 2. The molecule has 8 nitrogen and oxygen atoms in total. The van der Waals surface area contributed by atoms with Crippen LogP contribution in [0.4, 0.5) is 5.69 Å². The molecule has 1 N–H and O–H groups in total. The molecular weight excluding hydrogens is 396 g/mol. The molecule has 0 aromatic heterocycles. The lowest BCUT2D eigenvalue weighted by atomic mass is 10.1. The van der Waals surface area contributed by atoms with Crippen LogP contribution in [-0.2, 0) is 14.8 Å². The Kier molecular flexibility index (Phi) is 7.33. The molecule has 0 aliphatic carbocycles. The van der Waals surface area contributed by atoms with E-state index < -0.39 is 10.0 Å². The number of nitrogens with zero attached hydrogens (tertiary/aromatic N) is 1. The van der Waals surface area contributed by atoms with E-state index in [-0.39, 0.29) is 18.6 Å². The van der Waals surface area contributed by atoms with Gasteiger partial charge in [0.15, 0.2) is 18.1 Å². The number of carbonyl (C=O) groups is 1. The molecule has 2 rings (SSSR count). The molecule has 0 saturated carbocycles. The molecule has 29 heavy (non-hydrogen) atoms. The molecular formula is C20H26N2O6S. The highest BCUT2D eigenvalue weighted by Crippen LogP contribution is 2.29. The highest BCUT2D eigenvalue weighted by atomic mass is 32.2. The summed E-state index contributed by atoms with van der Waals surface area (Å²) < 4.78 is 40.2. The van der Waals surface area contributed by atoms with Gasteiger partial charge in [0.25, 0.3) is 5.91 Å². The van der Waals surface area contributed by atoms with E-state index >= 15 is 0 Å². The molecule has 2 aromatic rings. The highest BCUT2D eigenvalue weighted by molar-refractivity contribution is 7.92. The van der Waals surface area contributed by atoms with Gasteiger partial charge in [-0.1, -0.05) is 6.07 Å². The normalized spacial score (nSPS) is 12.0. The van der Waals surface area contributed by atoms with Gasteiger partial charge in [0, 0.05) is 7.05 Å². The van der Waals surface area contributed by atoms with Crippen molar-refractivity contribution in [2.24, 2.45) is 0 Å². The summed E-state index contributed by atoms with van der Waals surface area (Å²) in [6.45, 7) is 1.69. The van der Waals surface area contributed by atoms with Crippen LogP contribution in [0.3, 0.4) is 0 Å². The van der Waals surface area contributed by atoms with Crippen molar-refractivity contribution in [3.63, 3.8) is 0 Å². The standard InChI is InChI=1S/C20H26N2O6S/c1-14(15-6-11-18(26-3)19(12-15)27-4)21-20(23)13-28-17-9-7-16(8-10-17)22(2)29(5,24)25/h6-12,14H,13H2,1-5H3,(H,21,23). The number of sulfonamides is 1.